The largest absolute Gasteiger partial charge is 0.352 e. The van der Waals surface area contributed by atoms with Crippen LogP contribution in [0.15, 0.2) is 46.9 Å². The molecule has 0 unspecified atom stereocenters. The highest BCUT2D eigenvalue weighted by atomic mass is 79.9. The van der Waals surface area contributed by atoms with Crippen molar-refractivity contribution in [2.24, 2.45) is 0 Å². The average Bonchev–Trinajstić information content (AvgIpc) is 2.49. The Balaban J connectivity index is 1.96. The maximum absolute atomic E-state index is 12.0. The minimum Gasteiger partial charge on any atom is -0.352 e. The van der Waals surface area contributed by atoms with Crippen LogP contribution in [0.25, 0.3) is 0 Å². The number of hydrogen-bond donors (Lipinski definition) is 1. The summed E-state index contributed by atoms with van der Waals surface area (Å²) in [6.07, 6.45) is 0.654. The van der Waals surface area contributed by atoms with Crippen molar-refractivity contribution in [2.75, 3.05) is 6.54 Å². The van der Waals surface area contributed by atoms with E-state index in [1.54, 1.807) is 12.1 Å². The van der Waals surface area contributed by atoms with E-state index in [4.69, 9.17) is 11.6 Å². The van der Waals surface area contributed by atoms with E-state index in [1.165, 1.54) is 18.2 Å². The number of carbonyl (C=O) groups is 1. The Bertz CT molecular complexity index is 704. The van der Waals surface area contributed by atoms with Gasteiger partial charge in [0, 0.05) is 23.2 Å². The van der Waals surface area contributed by atoms with Crippen LogP contribution in [0.3, 0.4) is 0 Å². The summed E-state index contributed by atoms with van der Waals surface area (Å²) in [6, 6.07) is 11.6. The van der Waals surface area contributed by atoms with Gasteiger partial charge in [0.05, 0.1) is 9.40 Å². The van der Waals surface area contributed by atoms with Crippen molar-refractivity contribution in [3.8, 4) is 0 Å². The molecule has 0 saturated heterocycles. The molecule has 114 valence electrons. The first kappa shape index (κ1) is 16.5. The molecule has 0 spiro atoms. The van der Waals surface area contributed by atoms with Gasteiger partial charge in [-0.2, -0.15) is 0 Å². The molecule has 7 heteroatoms. The lowest BCUT2D eigenvalue weighted by Crippen LogP contribution is -2.25. The number of halogens is 2. The summed E-state index contributed by atoms with van der Waals surface area (Å²) < 4.78 is 0.343. The number of benzene rings is 2. The highest BCUT2D eigenvalue weighted by Gasteiger charge is 2.15. The van der Waals surface area contributed by atoms with E-state index in [1.807, 2.05) is 12.1 Å². The van der Waals surface area contributed by atoms with E-state index in [2.05, 4.69) is 21.2 Å². The lowest BCUT2D eigenvalue weighted by atomic mass is 10.1. The molecule has 0 heterocycles. The number of carbonyl (C=O) groups excluding carboxylic acids is 1. The van der Waals surface area contributed by atoms with Crippen molar-refractivity contribution in [1.82, 2.24) is 5.32 Å². The van der Waals surface area contributed by atoms with E-state index in [0.717, 1.165) is 5.56 Å². The molecule has 0 aliphatic rings. The van der Waals surface area contributed by atoms with E-state index >= 15 is 0 Å². The van der Waals surface area contributed by atoms with Crippen molar-refractivity contribution < 1.29 is 9.72 Å². The molecular weight excluding hydrogens is 372 g/mol. The number of nitro groups is 1. The number of hydrogen-bond acceptors (Lipinski definition) is 3. The van der Waals surface area contributed by atoms with E-state index < -0.39 is 4.92 Å². The number of amides is 1. The first-order valence-corrected chi connectivity index (χ1v) is 7.61. The van der Waals surface area contributed by atoms with Crippen LogP contribution >= 0.6 is 27.5 Å². The fourth-order valence-corrected chi connectivity index (χ4v) is 2.38. The van der Waals surface area contributed by atoms with Crippen LogP contribution in [0, 0.1) is 10.1 Å². The smallest absolute Gasteiger partial charge is 0.284 e. The minimum atomic E-state index is -0.533. The van der Waals surface area contributed by atoms with Crippen LogP contribution in [0.4, 0.5) is 5.69 Å². The Kier molecular flexibility index (Phi) is 5.51. The molecule has 0 aromatic heterocycles. The fourth-order valence-electron chi connectivity index (χ4n) is 1.87. The summed E-state index contributed by atoms with van der Waals surface area (Å²) in [4.78, 5) is 22.3. The second-order valence-electron chi connectivity index (χ2n) is 4.56. The van der Waals surface area contributed by atoms with Gasteiger partial charge in [-0.3, -0.25) is 14.9 Å². The zero-order valence-corrected chi connectivity index (χ0v) is 13.7. The Morgan fingerprint density at radius 2 is 1.91 bits per heavy atom. The molecule has 0 aliphatic heterocycles. The molecule has 2 aromatic rings. The molecule has 5 nitrogen and oxygen atoms in total. The SMILES string of the molecule is O=C(NCCc1ccc(Cl)cc1)c1ccc(Br)c([N+](=O)[O-])c1. The van der Waals surface area contributed by atoms with Gasteiger partial charge in [0.15, 0.2) is 0 Å². The molecule has 0 aliphatic carbocycles. The van der Waals surface area contributed by atoms with Crippen molar-refractivity contribution in [2.45, 2.75) is 6.42 Å². The van der Waals surface area contributed by atoms with Crippen LogP contribution in [0.1, 0.15) is 15.9 Å². The standard InChI is InChI=1S/C15H12BrClN2O3/c16-13-6-3-11(9-14(13)19(21)22)15(20)18-8-7-10-1-4-12(17)5-2-10/h1-6,9H,7-8H2,(H,18,20). The van der Waals surface area contributed by atoms with Gasteiger partial charge in [-0.15, -0.1) is 0 Å². The summed E-state index contributed by atoms with van der Waals surface area (Å²) >= 11 is 8.89. The van der Waals surface area contributed by atoms with Gasteiger partial charge in [0.25, 0.3) is 11.6 Å². The Labute approximate surface area is 140 Å². The van der Waals surface area contributed by atoms with Gasteiger partial charge < -0.3 is 5.32 Å². The number of nitro benzene ring substituents is 1. The predicted octanol–water partition coefficient (Wildman–Crippen LogP) is 3.98. The fraction of sp³-hybridized carbons (Fsp3) is 0.133. The van der Waals surface area contributed by atoms with E-state index in [-0.39, 0.29) is 17.2 Å². The normalized spacial score (nSPS) is 10.3. The molecular formula is C15H12BrClN2O3. The first-order valence-electron chi connectivity index (χ1n) is 6.44. The van der Waals surface area contributed by atoms with E-state index in [0.29, 0.717) is 22.5 Å². The molecule has 2 aromatic carbocycles. The third kappa shape index (κ3) is 4.29. The Morgan fingerprint density at radius 1 is 1.23 bits per heavy atom. The van der Waals surface area contributed by atoms with Crippen LogP contribution in [-0.4, -0.2) is 17.4 Å². The molecule has 0 fully saturated rings. The van der Waals surface area contributed by atoms with Gasteiger partial charge in [0.2, 0.25) is 0 Å². The lowest BCUT2D eigenvalue weighted by Gasteiger charge is -2.06. The van der Waals surface area contributed by atoms with E-state index in [9.17, 15) is 14.9 Å². The summed E-state index contributed by atoms with van der Waals surface area (Å²) in [5.41, 5.74) is 1.17. The second-order valence-corrected chi connectivity index (χ2v) is 5.85. The Hall–Kier alpha value is -1.92. The van der Waals surface area contributed by atoms with Crippen LogP contribution in [0.5, 0.6) is 0 Å². The molecule has 22 heavy (non-hydrogen) atoms. The zero-order valence-electron chi connectivity index (χ0n) is 11.4. The third-order valence-corrected chi connectivity index (χ3v) is 3.94. The molecule has 0 saturated carbocycles. The summed E-state index contributed by atoms with van der Waals surface area (Å²) in [7, 11) is 0. The molecule has 1 N–H and O–H groups in total. The van der Waals surface area contributed by atoms with Gasteiger partial charge in [-0.05, 0) is 52.2 Å². The predicted molar refractivity (Wildman–Crippen MR) is 88.3 cm³/mol. The topological polar surface area (TPSA) is 72.2 Å². The monoisotopic (exact) mass is 382 g/mol. The van der Waals surface area contributed by atoms with Crippen molar-refractivity contribution in [3.63, 3.8) is 0 Å². The average molecular weight is 384 g/mol. The first-order chi connectivity index (χ1) is 10.5. The summed E-state index contributed by atoms with van der Waals surface area (Å²) in [5.74, 6) is -0.343. The summed E-state index contributed by atoms with van der Waals surface area (Å²) in [6.45, 7) is 0.435. The van der Waals surface area contributed by atoms with Crippen LogP contribution in [-0.2, 0) is 6.42 Å². The molecule has 0 bridgehead atoms. The second kappa shape index (κ2) is 7.38. The number of nitrogens with zero attached hydrogens (tertiary/aromatic N) is 1. The molecule has 2 rings (SSSR count). The number of nitrogens with one attached hydrogen (secondary N) is 1. The quantitative estimate of drug-likeness (QED) is 0.627. The van der Waals surface area contributed by atoms with Crippen LogP contribution in [0.2, 0.25) is 5.02 Å². The lowest BCUT2D eigenvalue weighted by molar-refractivity contribution is -0.385. The van der Waals surface area contributed by atoms with Gasteiger partial charge in [0.1, 0.15) is 0 Å². The molecule has 0 atom stereocenters. The van der Waals surface area contributed by atoms with Gasteiger partial charge in [-0.1, -0.05) is 23.7 Å². The number of rotatable bonds is 5. The summed E-state index contributed by atoms with van der Waals surface area (Å²) in [5, 5.41) is 14.3. The van der Waals surface area contributed by atoms with Crippen molar-refractivity contribution >= 4 is 39.1 Å². The zero-order chi connectivity index (χ0) is 16.1. The van der Waals surface area contributed by atoms with Crippen LogP contribution < -0.4 is 5.32 Å². The third-order valence-electron chi connectivity index (χ3n) is 3.02. The molecule has 0 radical (unpaired) electrons. The Morgan fingerprint density at radius 3 is 2.55 bits per heavy atom. The van der Waals surface area contributed by atoms with Crippen molar-refractivity contribution in [3.05, 3.63) is 73.2 Å². The van der Waals surface area contributed by atoms with Crippen molar-refractivity contribution in [1.29, 1.82) is 0 Å². The molecule has 1 amide bonds. The maximum atomic E-state index is 12.0. The minimum absolute atomic E-state index is 0.134. The maximum Gasteiger partial charge on any atom is 0.284 e. The van der Waals surface area contributed by atoms with Gasteiger partial charge in [-0.25, -0.2) is 0 Å². The van der Waals surface area contributed by atoms with Gasteiger partial charge >= 0.3 is 0 Å². The highest BCUT2D eigenvalue weighted by molar-refractivity contribution is 9.10. The highest BCUT2D eigenvalue weighted by Crippen LogP contribution is 2.25.